The number of ether oxygens (including phenoxy) is 2. The lowest BCUT2D eigenvalue weighted by molar-refractivity contribution is -0.275. The van der Waals surface area contributed by atoms with E-state index < -0.39 is 52.5 Å². The van der Waals surface area contributed by atoms with Crippen LogP contribution in [0.15, 0.2) is 35.3 Å². The lowest BCUT2D eigenvalue weighted by atomic mass is 9.76. The van der Waals surface area contributed by atoms with Crippen molar-refractivity contribution in [3.05, 3.63) is 69.3 Å². The number of nitrogens with zero attached hydrogens (tertiary/aromatic N) is 2. The second-order valence-corrected chi connectivity index (χ2v) is 8.22. The minimum Gasteiger partial charge on any atom is -0.493 e. The van der Waals surface area contributed by atoms with Crippen molar-refractivity contribution in [1.82, 2.24) is 9.97 Å². The van der Waals surface area contributed by atoms with Gasteiger partial charge in [0.05, 0.1) is 18.0 Å². The van der Waals surface area contributed by atoms with Gasteiger partial charge in [-0.3, -0.25) is 4.79 Å². The van der Waals surface area contributed by atoms with Crippen LogP contribution >= 0.6 is 0 Å². The summed E-state index contributed by atoms with van der Waals surface area (Å²) in [5, 5.41) is 9.21. The summed E-state index contributed by atoms with van der Waals surface area (Å²) in [6, 6.07) is 6.17. The first-order valence-electron chi connectivity index (χ1n) is 10.1. The fourth-order valence-electron chi connectivity index (χ4n) is 4.54. The minimum atomic E-state index is -4.82. The second kappa shape index (κ2) is 8.06. The van der Waals surface area contributed by atoms with E-state index in [-0.39, 0.29) is 27.9 Å². The van der Waals surface area contributed by atoms with Crippen LogP contribution in [0.3, 0.4) is 0 Å². The van der Waals surface area contributed by atoms with Gasteiger partial charge in [0, 0.05) is 35.4 Å². The van der Waals surface area contributed by atoms with Gasteiger partial charge in [-0.05, 0) is 19.1 Å². The molecule has 6 nitrogen and oxygen atoms in total. The van der Waals surface area contributed by atoms with Crippen LogP contribution in [0.5, 0.6) is 5.75 Å². The molecule has 4 rings (SSSR count). The molecule has 0 aliphatic carbocycles. The Balaban J connectivity index is 1.98. The minimum absolute atomic E-state index is 0.0239. The number of benzene rings is 1. The van der Waals surface area contributed by atoms with Crippen molar-refractivity contribution in [2.75, 3.05) is 7.11 Å². The lowest BCUT2D eigenvalue weighted by Crippen LogP contribution is -2.46. The van der Waals surface area contributed by atoms with E-state index in [1.807, 2.05) is 0 Å². The summed E-state index contributed by atoms with van der Waals surface area (Å²) >= 11 is 0. The van der Waals surface area contributed by atoms with Crippen LogP contribution in [0.1, 0.15) is 42.8 Å². The van der Waals surface area contributed by atoms with Crippen molar-refractivity contribution in [1.29, 1.82) is 5.26 Å². The molecule has 1 aromatic carbocycles. The number of nitrogens with one attached hydrogen (secondary N) is 1. The molecular formula is C23H18F5N3O3. The van der Waals surface area contributed by atoms with Gasteiger partial charge < -0.3 is 14.5 Å². The van der Waals surface area contributed by atoms with Crippen molar-refractivity contribution in [3.63, 3.8) is 0 Å². The fraction of sp³-hybridized carbons (Fsp3) is 0.348. The summed E-state index contributed by atoms with van der Waals surface area (Å²) < 4.78 is 81.3. The molecule has 1 aliphatic rings. The van der Waals surface area contributed by atoms with E-state index in [0.717, 1.165) is 32.2 Å². The number of pyridine rings is 2. The quantitative estimate of drug-likeness (QED) is 0.541. The normalized spacial score (nSPS) is 24.9. The first-order valence-corrected chi connectivity index (χ1v) is 10.1. The number of fused-ring (bicyclic) bond motifs is 1. The largest absolute Gasteiger partial charge is 0.493 e. The summed E-state index contributed by atoms with van der Waals surface area (Å²) in [4.78, 5) is 19.5. The lowest BCUT2D eigenvalue weighted by Gasteiger charge is -2.32. The predicted molar refractivity (Wildman–Crippen MR) is 110 cm³/mol. The van der Waals surface area contributed by atoms with Crippen molar-refractivity contribution < 1.29 is 31.4 Å². The Bertz CT molecular complexity index is 1380. The maximum Gasteiger partial charge on any atom is 0.417 e. The summed E-state index contributed by atoms with van der Waals surface area (Å²) in [7, 11) is 1.08. The summed E-state index contributed by atoms with van der Waals surface area (Å²) in [6.07, 6.45) is -4.95. The first-order chi connectivity index (χ1) is 15.9. The number of aromatic amines is 1. The predicted octanol–water partition coefficient (Wildman–Crippen LogP) is 4.89. The van der Waals surface area contributed by atoms with Gasteiger partial charge in [0.25, 0.3) is 0 Å². The number of hydrogen-bond donors (Lipinski definition) is 1. The van der Waals surface area contributed by atoms with Crippen LogP contribution in [0.25, 0.3) is 10.9 Å². The number of rotatable bonds is 3. The molecule has 11 heteroatoms. The molecule has 178 valence electrons. The van der Waals surface area contributed by atoms with Crippen LogP contribution in [0.4, 0.5) is 22.0 Å². The maximum atomic E-state index is 14.5. The molecule has 0 unspecified atom stereocenters. The second-order valence-electron chi connectivity index (χ2n) is 8.22. The molecular weight excluding hydrogens is 461 g/mol. The van der Waals surface area contributed by atoms with Crippen molar-refractivity contribution in [2.45, 2.75) is 37.6 Å². The SMILES string of the molecule is COc1c([C@H]2[C@H](c3cc(=O)c4c(C#N)nccc4[nH]3)O[C@@](C)(C(F)(F)F)[C@H]2C)ccc(F)c1F. The van der Waals surface area contributed by atoms with Gasteiger partial charge in [0.2, 0.25) is 5.82 Å². The highest BCUT2D eigenvalue weighted by atomic mass is 19.4. The van der Waals surface area contributed by atoms with Crippen LogP contribution in [0.2, 0.25) is 0 Å². The van der Waals surface area contributed by atoms with E-state index in [4.69, 9.17) is 9.47 Å². The highest BCUT2D eigenvalue weighted by molar-refractivity contribution is 5.82. The molecule has 3 aromatic rings. The van der Waals surface area contributed by atoms with Gasteiger partial charge in [-0.2, -0.15) is 22.8 Å². The van der Waals surface area contributed by atoms with E-state index in [9.17, 15) is 32.0 Å². The van der Waals surface area contributed by atoms with Crippen molar-refractivity contribution in [3.8, 4) is 11.8 Å². The third kappa shape index (κ3) is 3.40. The van der Waals surface area contributed by atoms with Crippen LogP contribution in [-0.4, -0.2) is 28.9 Å². The number of H-pyrrole nitrogens is 1. The highest BCUT2D eigenvalue weighted by Gasteiger charge is 2.65. The number of hydrogen-bond acceptors (Lipinski definition) is 5. The molecule has 1 N–H and O–H groups in total. The smallest absolute Gasteiger partial charge is 0.417 e. The number of halogens is 5. The van der Waals surface area contributed by atoms with E-state index in [1.54, 1.807) is 6.07 Å². The Morgan fingerprint density at radius 1 is 1.26 bits per heavy atom. The average Bonchev–Trinajstić information content (AvgIpc) is 3.06. The molecule has 4 atom stereocenters. The number of methoxy groups -OCH3 is 1. The van der Waals surface area contributed by atoms with E-state index in [0.29, 0.717) is 0 Å². The van der Waals surface area contributed by atoms with Crippen molar-refractivity contribution >= 4 is 10.9 Å². The molecule has 1 saturated heterocycles. The van der Waals surface area contributed by atoms with Crippen LogP contribution < -0.4 is 10.2 Å². The standard InChI is InChI=1S/C23H18F5N3O3/c1-10-17(11-4-5-12(24)19(25)20(11)33-3)21(34-22(10,2)23(26,27)28)14-8-16(32)18-13(31-14)6-7-30-15(18)9-29/h4-8,10,17,21H,1-3H3,(H,31,32)/t10-,17-,21-,22+/m0/s1. The fourth-order valence-corrected chi connectivity index (χ4v) is 4.54. The molecule has 34 heavy (non-hydrogen) atoms. The number of alkyl halides is 3. The summed E-state index contributed by atoms with van der Waals surface area (Å²) in [6.45, 7) is 2.16. The van der Waals surface area contributed by atoms with Gasteiger partial charge in [-0.1, -0.05) is 13.0 Å². The molecule has 1 aliphatic heterocycles. The molecule has 1 fully saturated rings. The Morgan fingerprint density at radius 2 is 1.97 bits per heavy atom. The molecule has 0 saturated carbocycles. The van der Waals surface area contributed by atoms with Crippen LogP contribution in [0, 0.1) is 28.9 Å². The number of nitriles is 1. The molecule has 3 heterocycles. The zero-order chi connectivity index (χ0) is 25.0. The monoisotopic (exact) mass is 479 g/mol. The summed E-state index contributed by atoms with van der Waals surface area (Å²) in [5.41, 5.74) is -3.38. The van der Waals surface area contributed by atoms with Crippen molar-refractivity contribution in [2.24, 2.45) is 5.92 Å². The molecule has 0 radical (unpaired) electrons. The molecule has 0 bridgehead atoms. The Labute approximate surface area is 189 Å². The topological polar surface area (TPSA) is 88.0 Å². The van der Waals surface area contributed by atoms with Gasteiger partial charge >= 0.3 is 6.18 Å². The Kier molecular flexibility index (Phi) is 5.60. The number of aromatic nitrogens is 2. The van der Waals surface area contributed by atoms with Crippen LogP contribution in [-0.2, 0) is 4.74 Å². The third-order valence-electron chi connectivity index (χ3n) is 6.49. The Hall–Kier alpha value is -3.52. The van der Waals surface area contributed by atoms with Gasteiger partial charge in [0.1, 0.15) is 12.2 Å². The first kappa shape index (κ1) is 23.6. The average molecular weight is 479 g/mol. The zero-order valence-electron chi connectivity index (χ0n) is 18.1. The van der Waals surface area contributed by atoms with Gasteiger partial charge in [-0.25, -0.2) is 9.37 Å². The zero-order valence-corrected chi connectivity index (χ0v) is 18.1. The van der Waals surface area contributed by atoms with E-state index in [2.05, 4.69) is 9.97 Å². The van der Waals surface area contributed by atoms with E-state index >= 15 is 0 Å². The molecule has 0 amide bonds. The molecule has 0 spiro atoms. The molecule has 2 aromatic heterocycles. The highest BCUT2D eigenvalue weighted by Crippen LogP contribution is 2.59. The van der Waals surface area contributed by atoms with Gasteiger partial charge in [0.15, 0.2) is 28.3 Å². The summed E-state index contributed by atoms with van der Waals surface area (Å²) in [5.74, 6) is -5.58. The van der Waals surface area contributed by atoms with E-state index in [1.165, 1.54) is 19.2 Å². The maximum absolute atomic E-state index is 14.5. The van der Waals surface area contributed by atoms with Gasteiger partial charge in [-0.15, -0.1) is 0 Å². The third-order valence-corrected chi connectivity index (χ3v) is 6.49. The Morgan fingerprint density at radius 3 is 2.59 bits per heavy atom.